The molecule has 32 heavy (non-hydrogen) atoms. The highest BCUT2D eigenvalue weighted by atomic mass is 16.5. The monoisotopic (exact) mass is 432 g/mol. The predicted molar refractivity (Wildman–Crippen MR) is 123 cm³/mol. The summed E-state index contributed by atoms with van der Waals surface area (Å²) in [5, 5.41) is 3.31. The van der Waals surface area contributed by atoms with E-state index in [0.717, 1.165) is 18.4 Å². The first-order chi connectivity index (χ1) is 15.5. The number of allylic oxidation sites excluding steroid dienone is 1. The summed E-state index contributed by atoms with van der Waals surface area (Å²) in [5.41, 5.74) is 4.26. The van der Waals surface area contributed by atoms with Crippen molar-refractivity contribution in [2.75, 3.05) is 26.7 Å². The molecule has 0 atom stereocenters. The Hall–Kier alpha value is -3.41. The lowest BCUT2D eigenvalue weighted by Crippen LogP contribution is -2.37. The van der Waals surface area contributed by atoms with Crippen molar-refractivity contribution in [3.05, 3.63) is 82.7 Å². The van der Waals surface area contributed by atoms with Crippen molar-refractivity contribution in [1.82, 2.24) is 10.2 Å². The van der Waals surface area contributed by atoms with Crippen LogP contribution in [0.2, 0.25) is 0 Å². The van der Waals surface area contributed by atoms with Crippen molar-refractivity contribution in [1.29, 1.82) is 0 Å². The van der Waals surface area contributed by atoms with E-state index in [1.165, 1.54) is 15.7 Å². The largest absolute Gasteiger partial charge is 0.479 e. The van der Waals surface area contributed by atoms with Gasteiger partial charge in [0, 0.05) is 32.5 Å². The summed E-state index contributed by atoms with van der Waals surface area (Å²) in [6, 6.07) is 18.1. The molecule has 0 unspecified atom stereocenters. The number of nitrogens with one attached hydrogen (secondary N) is 1. The Morgan fingerprint density at radius 2 is 1.75 bits per heavy atom. The van der Waals surface area contributed by atoms with E-state index in [1.54, 1.807) is 13.3 Å². The summed E-state index contributed by atoms with van der Waals surface area (Å²) in [7, 11) is 1.73. The fraction of sp³-hybridized carbons (Fsp3) is 0.346. The number of rotatable bonds is 9. The van der Waals surface area contributed by atoms with Crippen LogP contribution in [0.25, 0.3) is 0 Å². The van der Waals surface area contributed by atoms with Gasteiger partial charge in [-0.3, -0.25) is 4.79 Å². The lowest BCUT2D eigenvalue weighted by Gasteiger charge is -2.21. The Morgan fingerprint density at radius 3 is 2.41 bits per heavy atom. The molecule has 6 nitrogen and oxygen atoms in total. The minimum Gasteiger partial charge on any atom is -0.479 e. The lowest BCUT2D eigenvalue weighted by molar-refractivity contribution is -0.408. The normalized spacial score (nSPS) is 15.6. The maximum atomic E-state index is 12.7. The van der Waals surface area contributed by atoms with Gasteiger partial charge in [0.15, 0.2) is 11.9 Å². The second-order valence-electron chi connectivity index (χ2n) is 8.27. The third-order valence-corrected chi connectivity index (χ3v) is 6.01. The van der Waals surface area contributed by atoms with Gasteiger partial charge in [-0.2, -0.15) is 4.58 Å². The van der Waals surface area contributed by atoms with Gasteiger partial charge in [-0.25, -0.2) is 4.79 Å². The Morgan fingerprint density at radius 1 is 1.09 bits per heavy atom. The number of fused-ring (bicyclic) bond motifs is 1. The van der Waals surface area contributed by atoms with Crippen LogP contribution in [0, 0.1) is 0 Å². The van der Waals surface area contributed by atoms with Gasteiger partial charge in [-0.05, 0) is 23.6 Å². The van der Waals surface area contributed by atoms with E-state index in [9.17, 15) is 9.59 Å². The molecule has 2 aliphatic rings. The predicted octanol–water partition coefficient (Wildman–Crippen LogP) is 2.32. The number of benzene rings is 2. The van der Waals surface area contributed by atoms with Gasteiger partial charge < -0.3 is 15.0 Å². The average molecular weight is 433 g/mol. The number of hydrogen-bond acceptors (Lipinski definition) is 4. The molecule has 0 fully saturated rings. The van der Waals surface area contributed by atoms with Crippen molar-refractivity contribution in [3.8, 4) is 0 Å². The molecule has 1 aliphatic carbocycles. The summed E-state index contributed by atoms with van der Waals surface area (Å²) in [5.74, 6) is 0.318. The molecule has 166 valence electrons. The topological polar surface area (TPSA) is 61.6 Å². The van der Waals surface area contributed by atoms with Crippen molar-refractivity contribution in [2.45, 2.75) is 32.3 Å². The third-order valence-electron chi connectivity index (χ3n) is 6.01. The second kappa shape index (κ2) is 9.81. The molecule has 6 heteroatoms. The molecule has 0 radical (unpaired) electrons. The molecule has 2 aromatic carbocycles. The van der Waals surface area contributed by atoms with E-state index in [-0.39, 0.29) is 17.9 Å². The van der Waals surface area contributed by atoms with E-state index < -0.39 is 0 Å². The molecule has 1 N–H and O–H groups in total. The smallest absolute Gasteiger partial charge is 0.456 e. The van der Waals surface area contributed by atoms with Gasteiger partial charge in [0.05, 0.1) is 6.42 Å². The van der Waals surface area contributed by atoms with Crippen LogP contribution in [0.5, 0.6) is 0 Å². The summed E-state index contributed by atoms with van der Waals surface area (Å²) in [6.45, 7) is 3.71. The Labute approximate surface area is 189 Å². The summed E-state index contributed by atoms with van der Waals surface area (Å²) in [6.07, 6.45) is 3.73. The Balaban J connectivity index is 1.35. The van der Waals surface area contributed by atoms with Crippen LogP contribution in [0.15, 0.2) is 66.1 Å². The van der Waals surface area contributed by atoms with E-state index in [1.807, 2.05) is 54.3 Å². The number of carbonyl (C=O) groups is 2. The zero-order valence-electron chi connectivity index (χ0n) is 18.7. The van der Waals surface area contributed by atoms with Gasteiger partial charge in [-0.15, -0.1) is 0 Å². The molecular formula is C26H30N3O3+. The van der Waals surface area contributed by atoms with Gasteiger partial charge in [0.25, 0.3) is 5.76 Å². The van der Waals surface area contributed by atoms with Crippen LogP contribution < -0.4 is 5.32 Å². The number of carbonyl (C=O) groups excluding carboxylic acids is 2. The van der Waals surface area contributed by atoms with Gasteiger partial charge >= 0.3 is 5.91 Å². The zero-order chi connectivity index (χ0) is 22.5. The number of likely N-dealkylation sites (N-methyl/N-ethyl adjacent to an activating group) is 2. The minimum atomic E-state index is -0.143. The molecule has 0 aromatic heterocycles. The molecule has 0 saturated carbocycles. The van der Waals surface area contributed by atoms with Crippen LogP contribution in [0.4, 0.5) is 0 Å². The lowest BCUT2D eigenvalue weighted by atomic mass is 10.1. The van der Waals surface area contributed by atoms with E-state index >= 15 is 0 Å². The number of nitrogens with zero attached hydrogens (tertiary/aromatic N) is 2. The molecule has 0 spiro atoms. The average Bonchev–Trinajstić information content (AvgIpc) is 3.33. The first-order valence-corrected chi connectivity index (χ1v) is 11.2. The van der Waals surface area contributed by atoms with E-state index in [0.29, 0.717) is 37.5 Å². The standard InChI is InChI=1S/C26H29N3O3/c1-3-29(24(30)15-19-9-5-4-6-10-19)14-13-27-23-18-28(2)26(31)25(23)32-22-16-20-11-7-8-12-21(20)17-22/h4-12,18,22H,3,13-17H2,1-2H3/p+1. The first kappa shape index (κ1) is 21.8. The highest BCUT2D eigenvalue weighted by Gasteiger charge is 2.36. The van der Waals surface area contributed by atoms with Crippen LogP contribution in [-0.4, -0.2) is 60.3 Å². The highest BCUT2D eigenvalue weighted by molar-refractivity contribution is 5.99. The summed E-state index contributed by atoms with van der Waals surface area (Å²) >= 11 is 0. The molecule has 1 aliphatic heterocycles. The van der Waals surface area contributed by atoms with Gasteiger partial charge in [0.1, 0.15) is 13.2 Å². The number of amides is 2. The molecular weight excluding hydrogens is 402 g/mol. The van der Waals surface area contributed by atoms with Crippen molar-refractivity contribution in [3.63, 3.8) is 0 Å². The first-order valence-electron chi connectivity index (χ1n) is 11.2. The number of hydrogen-bond donors (Lipinski definition) is 1. The highest BCUT2D eigenvalue weighted by Crippen LogP contribution is 2.26. The minimum absolute atomic E-state index is 0.0392. The van der Waals surface area contributed by atoms with Crippen molar-refractivity contribution < 1.29 is 18.9 Å². The molecule has 1 heterocycles. The summed E-state index contributed by atoms with van der Waals surface area (Å²) in [4.78, 5) is 27.1. The SMILES string of the molecule is CCN(CCNC1=C(OC2Cc3ccccc3C2)C(=O)[N+](C)=C1)C(=O)Cc1ccccc1. The van der Waals surface area contributed by atoms with E-state index in [4.69, 9.17) is 4.74 Å². The van der Waals surface area contributed by atoms with Crippen LogP contribution in [0.1, 0.15) is 23.6 Å². The summed E-state index contributed by atoms with van der Waals surface area (Å²) < 4.78 is 7.71. The zero-order valence-corrected chi connectivity index (χ0v) is 18.7. The molecule has 0 bridgehead atoms. The van der Waals surface area contributed by atoms with Gasteiger partial charge in [-0.1, -0.05) is 54.6 Å². The fourth-order valence-corrected chi connectivity index (χ4v) is 4.26. The molecule has 2 aromatic rings. The Bertz CT molecular complexity index is 1030. The Kier molecular flexibility index (Phi) is 6.69. The maximum Gasteiger partial charge on any atom is 0.456 e. The second-order valence-corrected chi connectivity index (χ2v) is 8.27. The van der Waals surface area contributed by atoms with Crippen molar-refractivity contribution in [2.24, 2.45) is 0 Å². The van der Waals surface area contributed by atoms with Crippen LogP contribution in [0.3, 0.4) is 0 Å². The molecule has 4 rings (SSSR count). The van der Waals surface area contributed by atoms with Gasteiger partial charge in [0.2, 0.25) is 5.91 Å². The third kappa shape index (κ3) is 4.90. The molecule has 2 amide bonds. The fourth-order valence-electron chi connectivity index (χ4n) is 4.26. The van der Waals surface area contributed by atoms with Crippen LogP contribution >= 0.6 is 0 Å². The quantitative estimate of drug-likeness (QED) is 0.618. The van der Waals surface area contributed by atoms with Crippen LogP contribution in [-0.2, 0) is 33.6 Å². The maximum absolute atomic E-state index is 12.7. The van der Waals surface area contributed by atoms with Crippen molar-refractivity contribution >= 4 is 18.0 Å². The van der Waals surface area contributed by atoms with E-state index in [2.05, 4.69) is 17.4 Å². The number of ether oxygens (including phenoxy) is 1. The molecule has 0 saturated heterocycles.